The molecule has 0 aliphatic carbocycles. The van der Waals surface area contributed by atoms with Gasteiger partial charge in [0.15, 0.2) is 12.4 Å². The minimum absolute atomic E-state index is 0.144. The number of carbonyl (C=O) groups is 3. The monoisotopic (exact) mass is 1180 g/mol. The number of nitrogens with zero attached hydrogens (tertiary/aromatic N) is 1. The summed E-state index contributed by atoms with van der Waals surface area (Å²) in [7, 11) is 5.93. The second-order valence-corrected chi connectivity index (χ2v) is 24.1. The van der Waals surface area contributed by atoms with Crippen LogP contribution in [0.5, 0.6) is 0 Å². The molecule has 0 aliphatic heterocycles. The number of rotatable bonds is 63. The third kappa shape index (κ3) is 67.1. The van der Waals surface area contributed by atoms with Crippen molar-refractivity contribution in [2.24, 2.45) is 0 Å². The molecular weight excluding hydrogens is 1050 g/mol. The average molecular weight is 1180 g/mol. The molecule has 0 bridgehead atoms. The van der Waals surface area contributed by atoms with E-state index in [1.807, 2.05) is 21.1 Å². The zero-order valence-corrected chi connectivity index (χ0v) is 55.4. The molecule has 0 spiro atoms. The van der Waals surface area contributed by atoms with Crippen molar-refractivity contribution < 1.29 is 42.9 Å². The van der Waals surface area contributed by atoms with Crippen LogP contribution in [0.3, 0.4) is 0 Å². The molecule has 0 rings (SSSR count). The molecule has 0 aliphatic rings. The van der Waals surface area contributed by atoms with E-state index >= 15 is 0 Å². The van der Waals surface area contributed by atoms with Gasteiger partial charge in [-0.1, -0.05) is 289 Å². The third-order valence-corrected chi connectivity index (χ3v) is 14.7. The Balaban J connectivity index is 4.11. The van der Waals surface area contributed by atoms with E-state index in [4.69, 9.17) is 18.9 Å². The second-order valence-electron chi connectivity index (χ2n) is 24.1. The van der Waals surface area contributed by atoms with Crippen molar-refractivity contribution >= 4 is 17.9 Å². The predicted molar refractivity (Wildman–Crippen MR) is 361 cm³/mol. The van der Waals surface area contributed by atoms with Gasteiger partial charge in [0.25, 0.3) is 0 Å². The Morgan fingerprint density at radius 1 is 0.353 bits per heavy atom. The number of hydrogen-bond acceptors (Lipinski definition) is 8. The summed E-state index contributed by atoms with van der Waals surface area (Å²) >= 11 is 0. The van der Waals surface area contributed by atoms with Crippen molar-refractivity contribution in [2.45, 2.75) is 296 Å². The fraction of sp³-hybridized carbons (Fsp3) is 0.697. The molecule has 0 aromatic carbocycles. The summed E-state index contributed by atoms with van der Waals surface area (Å²) in [6.45, 7) is 4.54. The van der Waals surface area contributed by atoms with Gasteiger partial charge < -0.3 is 33.3 Å². The van der Waals surface area contributed by atoms with Gasteiger partial charge in [-0.25, -0.2) is 0 Å². The molecule has 0 saturated carbocycles. The first-order chi connectivity index (χ1) is 41.6. The fourth-order valence-corrected chi connectivity index (χ4v) is 9.47. The molecule has 0 radical (unpaired) electrons. The highest BCUT2D eigenvalue weighted by molar-refractivity contribution is 5.70. The van der Waals surface area contributed by atoms with Gasteiger partial charge in [-0.2, -0.15) is 0 Å². The Morgan fingerprint density at radius 2 is 0.635 bits per heavy atom. The molecule has 85 heavy (non-hydrogen) atoms. The Morgan fingerprint density at radius 3 is 0.941 bits per heavy atom. The summed E-state index contributed by atoms with van der Waals surface area (Å²) in [6, 6.07) is 0. The molecule has 0 fully saturated rings. The van der Waals surface area contributed by atoms with Crippen LogP contribution < -0.4 is 5.11 Å². The summed E-state index contributed by atoms with van der Waals surface area (Å²) in [6.07, 6.45) is 89.9. The molecule has 2 atom stereocenters. The van der Waals surface area contributed by atoms with Gasteiger partial charge in [0.2, 0.25) is 0 Å². The SMILES string of the molecule is CC/C=C\C/C=C\C/C=C\C/C=C\C/C=C\C/C=C\CCCCCCCCCCCCCCCCCCC(=O)OC(COC(=O)CCCCCCCCCCCCCC/C=C\C/C=C\C/C=C\C/C=C\CC)COC(OCC[N+](C)(C)C)C(=O)[O-]. The number of likely N-dealkylation sites (N-methyl/N-ethyl adjacent to an activating group) is 1. The molecule has 0 saturated heterocycles. The van der Waals surface area contributed by atoms with Gasteiger partial charge in [-0.15, -0.1) is 0 Å². The van der Waals surface area contributed by atoms with E-state index in [-0.39, 0.29) is 38.6 Å². The standard InChI is InChI=1S/C76H129NO8/c1-6-8-10-12-14-16-18-20-22-24-26-28-30-32-33-34-35-36-37-38-39-40-41-43-45-47-49-51-53-55-57-59-61-63-65-67-74(79)85-72(71-84-76(75(80)81)82-69-68-77(3,4)5)70-83-73(78)66-64-62-60-58-56-54-52-50-48-46-44-42-31-29-27-25-23-21-19-17-15-13-11-9-7-2/h8-11,14-17,20-23,26-29,32-33,35-36,72,76H,6-7,12-13,18-19,24-25,30-31,34,37-71H2,1-5H3/b10-8-,11-9-,16-14-,17-15-,22-20-,23-21-,28-26-,29-27-,33-32-,36-35-. The summed E-state index contributed by atoms with van der Waals surface area (Å²) < 4.78 is 22.8. The van der Waals surface area contributed by atoms with E-state index in [0.717, 1.165) is 103 Å². The largest absolute Gasteiger partial charge is 0.545 e. The fourth-order valence-electron chi connectivity index (χ4n) is 9.47. The Labute approximate surface area is 523 Å². The molecule has 0 aromatic rings. The molecular formula is C76H129NO8. The van der Waals surface area contributed by atoms with Crippen LogP contribution in [0, 0.1) is 0 Å². The lowest BCUT2D eigenvalue weighted by molar-refractivity contribution is -0.870. The first-order valence-corrected chi connectivity index (χ1v) is 34.7. The third-order valence-electron chi connectivity index (χ3n) is 14.7. The van der Waals surface area contributed by atoms with Crippen LogP contribution in [0.2, 0.25) is 0 Å². The topological polar surface area (TPSA) is 111 Å². The van der Waals surface area contributed by atoms with Crippen molar-refractivity contribution in [1.29, 1.82) is 0 Å². The molecule has 0 amide bonds. The second kappa shape index (κ2) is 65.7. The smallest absolute Gasteiger partial charge is 0.306 e. The first kappa shape index (κ1) is 80.7. The van der Waals surface area contributed by atoms with E-state index in [0.29, 0.717) is 17.4 Å². The maximum atomic E-state index is 12.9. The van der Waals surface area contributed by atoms with Crippen molar-refractivity contribution in [1.82, 2.24) is 0 Å². The van der Waals surface area contributed by atoms with Crippen molar-refractivity contribution in [3.63, 3.8) is 0 Å². The minimum atomic E-state index is -1.63. The van der Waals surface area contributed by atoms with Crippen LogP contribution in [0.15, 0.2) is 122 Å². The maximum absolute atomic E-state index is 12.9. The summed E-state index contributed by atoms with van der Waals surface area (Å²) in [5.41, 5.74) is 0. The summed E-state index contributed by atoms with van der Waals surface area (Å²) in [4.78, 5) is 37.5. The molecule has 2 unspecified atom stereocenters. The maximum Gasteiger partial charge on any atom is 0.306 e. The highest BCUT2D eigenvalue weighted by Gasteiger charge is 2.22. The lowest BCUT2D eigenvalue weighted by Crippen LogP contribution is -2.44. The minimum Gasteiger partial charge on any atom is -0.545 e. The lowest BCUT2D eigenvalue weighted by atomic mass is 10.0. The van der Waals surface area contributed by atoms with E-state index in [2.05, 4.69) is 135 Å². The molecule has 486 valence electrons. The number of aliphatic carboxylic acids is 1. The van der Waals surface area contributed by atoms with Crippen molar-refractivity contribution in [3.8, 4) is 0 Å². The van der Waals surface area contributed by atoms with Crippen LogP contribution in [0.4, 0.5) is 0 Å². The van der Waals surface area contributed by atoms with Crippen molar-refractivity contribution in [3.05, 3.63) is 122 Å². The Hall–Kier alpha value is -4.31. The molecule has 9 nitrogen and oxygen atoms in total. The zero-order valence-electron chi connectivity index (χ0n) is 55.4. The van der Waals surface area contributed by atoms with Gasteiger partial charge >= 0.3 is 11.9 Å². The van der Waals surface area contributed by atoms with Gasteiger partial charge in [0, 0.05) is 12.8 Å². The number of ether oxygens (including phenoxy) is 4. The van der Waals surface area contributed by atoms with Crippen LogP contribution in [-0.2, 0) is 33.3 Å². The lowest BCUT2D eigenvalue weighted by Gasteiger charge is -2.26. The highest BCUT2D eigenvalue weighted by Crippen LogP contribution is 2.17. The van der Waals surface area contributed by atoms with Crippen LogP contribution >= 0.6 is 0 Å². The number of carboxylic acids is 1. The number of carboxylic acid groups (broad SMARTS) is 1. The van der Waals surface area contributed by atoms with Gasteiger partial charge in [-0.3, -0.25) is 9.59 Å². The highest BCUT2D eigenvalue weighted by atomic mass is 16.7. The van der Waals surface area contributed by atoms with Crippen LogP contribution in [0.1, 0.15) is 284 Å². The van der Waals surface area contributed by atoms with Gasteiger partial charge in [0.1, 0.15) is 13.2 Å². The number of hydrogen-bond donors (Lipinski definition) is 0. The number of carbonyl (C=O) groups excluding carboxylic acids is 3. The number of unbranched alkanes of at least 4 members (excludes halogenated alkanes) is 28. The van der Waals surface area contributed by atoms with E-state index in [1.165, 1.54) is 148 Å². The van der Waals surface area contributed by atoms with E-state index < -0.39 is 24.3 Å². The number of esters is 2. The predicted octanol–water partition coefficient (Wildman–Crippen LogP) is 20.2. The van der Waals surface area contributed by atoms with Crippen molar-refractivity contribution in [2.75, 3.05) is 47.5 Å². The molecule has 0 heterocycles. The first-order valence-electron chi connectivity index (χ1n) is 34.7. The van der Waals surface area contributed by atoms with E-state index in [9.17, 15) is 19.5 Å². The molecule has 0 N–H and O–H groups in total. The molecule has 9 heteroatoms. The summed E-state index contributed by atoms with van der Waals surface area (Å²) in [5, 5.41) is 11.8. The normalized spacial score (nSPS) is 13.5. The Bertz CT molecular complexity index is 1810. The van der Waals surface area contributed by atoms with Gasteiger partial charge in [-0.05, 0) is 103 Å². The summed E-state index contributed by atoms with van der Waals surface area (Å²) in [5.74, 6) is -2.28. The number of allylic oxidation sites excluding steroid dienone is 20. The average Bonchev–Trinajstić information content (AvgIpc) is 3.48. The quantitative estimate of drug-likeness (QED) is 0.0195. The molecule has 0 aromatic heterocycles. The zero-order chi connectivity index (χ0) is 61.9. The Kier molecular flexibility index (Phi) is 62.3. The van der Waals surface area contributed by atoms with E-state index in [1.54, 1.807) is 0 Å². The van der Waals surface area contributed by atoms with Crippen LogP contribution in [-0.4, -0.2) is 82.3 Å². The van der Waals surface area contributed by atoms with Gasteiger partial charge in [0.05, 0.1) is 40.3 Å². The van der Waals surface area contributed by atoms with Crippen LogP contribution in [0.25, 0.3) is 0 Å². The number of quaternary nitrogens is 1.